The summed E-state index contributed by atoms with van der Waals surface area (Å²) in [6.07, 6.45) is 30.2. The summed E-state index contributed by atoms with van der Waals surface area (Å²) in [6, 6.07) is 0. The number of allylic oxidation sites excluding steroid dienone is 16. The third-order valence-corrected chi connectivity index (χ3v) is 5.76. The molecule has 2 spiro atoms. The lowest BCUT2D eigenvalue weighted by atomic mass is 9.53. The van der Waals surface area contributed by atoms with E-state index in [1.165, 1.54) is 33.4 Å². The van der Waals surface area contributed by atoms with Gasteiger partial charge in [0.15, 0.2) is 0 Å². The quantitative estimate of drug-likeness (QED) is 0.636. The molecular formula is C22H14N2. The molecule has 6 aliphatic rings. The van der Waals surface area contributed by atoms with Gasteiger partial charge in [0.2, 0.25) is 0 Å². The third kappa shape index (κ3) is 1.22. The molecule has 0 aromatic heterocycles. The van der Waals surface area contributed by atoms with Crippen molar-refractivity contribution in [1.29, 1.82) is 0 Å². The van der Waals surface area contributed by atoms with Crippen LogP contribution in [0.1, 0.15) is 0 Å². The second-order valence-electron chi connectivity index (χ2n) is 6.84. The second kappa shape index (κ2) is 3.90. The average Bonchev–Trinajstić information content (AvgIpc) is 2.62. The van der Waals surface area contributed by atoms with E-state index in [9.17, 15) is 0 Å². The second-order valence-corrected chi connectivity index (χ2v) is 6.84. The van der Waals surface area contributed by atoms with Crippen LogP contribution in [-0.4, -0.2) is 12.4 Å². The van der Waals surface area contributed by atoms with Crippen LogP contribution in [0.15, 0.2) is 117 Å². The van der Waals surface area contributed by atoms with Gasteiger partial charge in [0, 0.05) is 24.8 Å². The fourth-order valence-corrected chi connectivity index (χ4v) is 4.73. The molecule has 0 aromatic carbocycles. The predicted octanol–water partition coefficient (Wildman–Crippen LogP) is 4.32. The zero-order valence-corrected chi connectivity index (χ0v) is 13.0. The Morgan fingerprint density at radius 3 is 2.33 bits per heavy atom. The highest BCUT2D eigenvalue weighted by molar-refractivity contribution is 5.96. The van der Waals surface area contributed by atoms with Crippen LogP contribution >= 0.6 is 0 Å². The first-order valence-corrected chi connectivity index (χ1v) is 8.25. The van der Waals surface area contributed by atoms with E-state index in [1.54, 1.807) is 0 Å². The molecule has 2 heterocycles. The van der Waals surface area contributed by atoms with Crippen LogP contribution in [0, 0.1) is 10.8 Å². The fourth-order valence-electron chi connectivity index (χ4n) is 4.73. The largest absolute Gasteiger partial charge is 0.267 e. The van der Waals surface area contributed by atoms with Gasteiger partial charge >= 0.3 is 0 Å². The van der Waals surface area contributed by atoms with Crippen LogP contribution in [0.4, 0.5) is 0 Å². The minimum atomic E-state index is -0.242. The lowest BCUT2D eigenvalue weighted by Crippen LogP contribution is -2.40. The van der Waals surface area contributed by atoms with Gasteiger partial charge in [0.05, 0.1) is 10.8 Å². The van der Waals surface area contributed by atoms with Gasteiger partial charge in [-0.25, -0.2) is 0 Å². The number of hydrogen-bond acceptors (Lipinski definition) is 2. The van der Waals surface area contributed by atoms with Crippen molar-refractivity contribution in [3.8, 4) is 0 Å². The lowest BCUT2D eigenvalue weighted by molar-refractivity contribution is 0.650. The van der Waals surface area contributed by atoms with Crippen molar-refractivity contribution in [2.45, 2.75) is 0 Å². The molecule has 0 radical (unpaired) electrons. The maximum absolute atomic E-state index is 4.50. The minimum Gasteiger partial charge on any atom is -0.267 e. The molecule has 0 saturated heterocycles. The Balaban J connectivity index is 1.77. The first-order chi connectivity index (χ1) is 11.8. The molecule has 0 bridgehead atoms. The summed E-state index contributed by atoms with van der Waals surface area (Å²) in [5.41, 5.74) is 7.41. The highest BCUT2D eigenvalue weighted by Gasteiger charge is 2.50. The number of rotatable bonds is 0. The normalized spacial score (nSPS) is 35.7. The van der Waals surface area contributed by atoms with Crippen molar-refractivity contribution in [2.24, 2.45) is 20.8 Å². The van der Waals surface area contributed by atoms with Gasteiger partial charge in [0.1, 0.15) is 0 Å². The van der Waals surface area contributed by atoms with Gasteiger partial charge in [0.25, 0.3) is 0 Å². The Morgan fingerprint density at radius 2 is 1.46 bits per heavy atom. The number of aliphatic imine (C=N–C) groups is 2. The first-order valence-electron chi connectivity index (χ1n) is 8.25. The summed E-state index contributed by atoms with van der Waals surface area (Å²) in [5, 5.41) is 0. The molecule has 6 rings (SSSR count). The van der Waals surface area contributed by atoms with Crippen molar-refractivity contribution in [3.63, 3.8) is 0 Å². The Labute approximate surface area is 140 Å². The first kappa shape index (κ1) is 12.4. The maximum Gasteiger partial charge on any atom is 0.0748 e. The summed E-state index contributed by atoms with van der Waals surface area (Å²) in [6.45, 7) is 0. The zero-order valence-electron chi connectivity index (χ0n) is 13.0. The summed E-state index contributed by atoms with van der Waals surface area (Å²) >= 11 is 0. The Kier molecular flexibility index (Phi) is 2.02. The summed E-state index contributed by atoms with van der Waals surface area (Å²) < 4.78 is 0. The molecule has 4 aliphatic carbocycles. The highest BCUT2D eigenvalue weighted by atomic mass is 14.7. The maximum atomic E-state index is 4.50. The molecule has 0 amide bonds. The lowest BCUT2D eigenvalue weighted by Gasteiger charge is -2.49. The predicted molar refractivity (Wildman–Crippen MR) is 97.8 cm³/mol. The van der Waals surface area contributed by atoms with E-state index in [-0.39, 0.29) is 10.8 Å². The molecule has 2 atom stereocenters. The molecule has 2 nitrogen and oxygen atoms in total. The van der Waals surface area contributed by atoms with E-state index in [4.69, 9.17) is 0 Å². The van der Waals surface area contributed by atoms with Gasteiger partial charge in [-0.1, -0.05) is 36.5 Å². The van der Waals surface area contributed by atoms with Gasteiger partial charge in [-0.05, 0) is 57.7 Å². The van der Waals surface area contributed by atoms with E-state index in [0.717, 1.165) is 0 Å². The summed E-state index contributed by atoms with van der Waals surface area (Å²) in [4.78, 5) is 8.88. The van der Waals surface area contributed by atoms with Crippen molar-refractivity contribution in [3.05, 3.63) is 107 Å². The van der Waals surface area contributed by atoms with Crippen LogP contribution in [0.3, 0.4) is 0 Å². The van der Waals surface area contributed by atoms with Crippen molar-refractivity contribution < 1.29 is 0 Å². The van der Waals surface area contributed by atoms with E-state index in [2.05, 4.69) is 77.0 Å². The SMILES string of the molecule is C1=CC23C=CN=CC2=CC2=CC=CC45C=NC=CC4=CC(=C1)C3=C25. The van der Waals surface area contributed by atoms with Crippen LogP contribution in [-0.2, 0) is 0 Å². The molecule has 2 unspecified atom stereocenters. The fraction of sp³-hybridized carbons (Fsp3) is 0.0909. The minimum absolute atomic E-state index is 0.201. The van der Waals surface area contributed by atoms with E-state index >= 15 is 0 Å². The van der Waals surface area contributed by atoms with E-state index in [1.807, 2.05) is 18.6 Å². The molecule has 24 heavy (non-hydrogen) atoms. The zero-order chi connectivity index (χ0) is 15.8. The summed E-state index contributed by atoms with van der Waals surface area (Å²) in [5.74, 6) is 0. The Hall–Kier alpha value is -3.00. The van der Waals surface area contributed by atoms with Crippen LogP contribution in [0.5, 0.6) is 0 Å². The summed E-state index contributed by atoms with van der Waals surface area (Å²) in [7, 11) is 0. The number of hydrogen-bond donors (Lipinski definition) is 0. The highest BCUT2D eigenvalue weighted by Crippen LogP contribution is 2.60. The topological polar surface area (TPSA) is 24.7 Å². The van der Waals surface area contributed by atoms with Crippen LogP contribution < -0.4 is 0 Å². The number of nitrogens with zero attached hydrogens (tertiary/aromatic N) is 2. The van der Waals surface area contributed by atoms with Gasteiger partial charge in [-0.3, -0.25) is 9.98 Å². The van der Waals surface area contributed by atoms with Crippen molar-refractivity contribution in [2.75, 3.05) is 0 Å². The van der Waals surface area contributed by atoms with E-state index < -0.39 is 0 Å². The smallest absolute Gasteiger partial charge is 0.0748 e. The molecule has 0 N–H and O–H groups in total. The standard InChI is InChI=1S/C22H14N2/c1-3-15-11-17-5-9-24-14-22(17)7-2-4-16-12-18-13-23-10-8-21(18,6-1)19(15)20(16)22/h1-14H. The van der Waals surface area contributed by atoms with Crippen molar-refractivity contribution in [1.82, 2.24) is 0 Å². The average molecular weight is 306 g/mol. The monoisotopic (exact) mass is 306 g/mol. The van der Waals surface area contributed by atoms with Gasteiger partial charge in [-0.15, -0.1) is 0 Å². The Morgan fingerprint density at radius 1 is 0.708 bits per heavy atom. The van der Waals surface area contributed by atoms with E-state index in [0.29, 0.717) is 0 Å². The van der Waals surface area contributed by atoms with Gasteiger partial charge in [-0.2, -0.15) is 0 Å². The molecule has 2 heteroatoms. The van der Waals surface area contributed by atoms with Crippen LogP contribution in [0.25, 0.3) is 0 Å². The van der Waals surface area contributed by atoms with Crippen molar-refractivity contribution >= 4 is 12.4 Å². The molecule has 2 aliphatic heterocycles. The molecule has 112 valence electrons. The Bertz CT molecular complexity index is 960. The molecule has 0 fully saturated rings. The molecule has 0 saturated carbocycles. The van der Waals surface area contributed by atoms with Gasteiger partial charge < -0.3 is 0 Å². The third-order valence-electron chi connectivity index (χ3n) is 5.76. The molecular weight excluding hydrogens is 292 g/mol. The molecule has 0 aromatic rings. The van der Waals surface area contributed by atoms with Crippen LogP contribution in [0.2, 0.25) is 0 Å².